The van der Waals surface area contributed by atoms with Gasteiger partial charge in [-0.15, -0.1) is 0 Å². The zero-order chi connectivity index (χ0) is 13.7. The van der Waals surface area contributed by atoms with Crippen molar-refractivity contribution in [2.45, 2.75) is 19.8 Å². The predicted octanol–water partition coefficient (Wildman–Crippen LogP) is -0.238. The van der Waals surface area contributed by atoms with Crippen molar-refractivity contribution in [1.29, 1.82) is 0 Å². The van der Waals surface area contributed by atoms with Crippen LogP contribution in [0.2, 0.25) is 0 Å². The van der Waals surface area contributed by atoms with E-state index in [-0.39, 0.29) is 30.5 Å². The second-order valence-corrected chi connectivity index (χ2v) is 4.11. The van der Waals surface area contributed by atoms with Gasteiger partial charge in [-0.1, -0.05) is 6.92 Å². The molecule has 1 aromatic rings. The fourth-order valence-corrected chi connectivity index (χ4v) is 1.42. The van der Waals surface area contributed by atoms with Crippen LogP contribution in [0, 0.1) is 0 Å². The SMILES string of the molecule is CCc1[nH]nc(C(=O)NCCC(=O)N(C)C)c1N. The molecule has 0 radical (unpaired) electrons. The number of hydrogen-bond acceptors (Lipinski definition) is 4. The van der Waals surface area contributed by atoms with Crippen LogP contribution in [0.5, 0.6) is 0 Å². The number of nitrogens with one attached hydrogen (secondary N) is 2. The van der Waals surface area contributed by atoms with Crippen molar-refractivity contribution in [3.63, 3.8) is 0 Å². The molecular formula is C11H19N5O2. The molecule has 7 nitrogen and oxygen atoms in total. The summed E-state index contributed by atoms with van der Waals surface area (Å²) >= 11 is 0. The molecule has 0 aliphatic rings. The summed E-state index contributed by atoms with van der Waals surface area (Å²) in [6, 6.07) is 0. The molecule has 0 aliphatic carbocycles. The Morgan fingerprint density at radius 3 is 2.61 bits per heavy atom. The lowest BCUT2D eigenvalue weighted by atomic mass is 10.2. The maximum Gasteiger partial charge on any atom is 0.273 e. The van der Waals surface area contributed by atoms with Crippen LogP contribution in [0.25, 0.3) is 0 Å². The molecule has 0 saturated carbocycles. The number of aromatic nitrogens is 2. The van der Waals surface area contributed by atoms with Gasteiger partial charge in [-0.25, -0.2) is 0 Å². The molecule has 18 heavy (non-hydrogen) atoms. The van der Waals surface area contributed by atoms with E-state index in [4.69, 9.17) is 5.73 Å². The fourth-order valence-electron chi connectivity index (χ4n) is 1.42. The van der Waals surface area contributed by atoms with Crippen molar-refractivity contribution < 1.29 is 9.59 Å². The second kappa shape index (κ2) is 6.04. The zero-order valence-electron chi connectivity index (χ0n) is 10.9. The van der Waals surface area contributed by atoms with Crippen LogP contribution in [0.4, 0.5) is 5.69 Å². The van der Waals surface area contributed by atoms with Gasteiger partial charge in [0.25, 0.3) is 5.91 Å². The summed E-state index contributed by atoms with van der Waals surface area (Å²) in [6.07, 6.45) is 0.939. The molecular weight excluding hydrogens is 234 g/mol. The third kappa shape index (κ3) is 3.22. The maximum absolute atomic E-state index is 11.7. The summed E-state index contributed by atoms with van der Waals surface area (Å²) < 4.78 is 0. The first-order chi connectivity index (χ1) is 8.47. The van der Waals surface area contributed by atoms with E-state index >= 15 is 0 Å². The number of nitrogen functional groups attached to an aromatic ring is 1. The lowest BCUT2D eigenvalue weighted by Crippen LogP contribution is -2.30. The minimum atomic E-state index is -0.366. The number of H-pyrrole nitrogens is 1. The summed E-state index contributed by atoms with van der Waals surface area (Å²) in [5, 5.41) is 9.19. The van der Waals surface area contributed by atoms with Crippen LogP contribution >= 0.6 is 0 Å². The molecule has 7 heteroatoms. The van der Waals surface area contributed by atoms with Crippen LogP contribution in [0.1, 0.15) is 29.5 Å². The Morgan fingerprint density at radius 1 is 1.44 bits per heavy atom. The normalized spacial score (nSPS) is 10.2. The number of rotatable bonds is 5. The molecule has 1 rings (SSSR count). The highest BCUT2D eigenvalue weighted by Crippen LogP contribution is 2.13. The standard InChI is InChI=1S/C11H19N5O2/c1-4-7-9(12)10(15-14-7)11(18)13-6-5-8(17)16(2)3/h4-6,12H2,1-3H3,(H,13,18)(H,14,15). The number of carbonyl (C=O) groups excluding carboxylic acids is 2. The predicted molar refractivity (Wildman–Crippen MR) is 68.0 cm³/mol. The largest absolute Gasteiger partial charge is 0.395 e. The van der Waals surface area contributed by atoms with E-state index in [9.17, 15) is 9.59 Å². The first kappa shape index (κ1) is 14.0. The molecule has 0 aromatic carbocycles. The monoisotopic (exact) mass is 253 g/mol. The summed E-state index contributed by atoms with van der Waals surface area (Å²) in [4.78, 5) is 24.5. The van der Waals surface area contributed by atoms with Gasteiger partial charge in [0.2, 0.25) is 5.91 Å². The van der Waals surface area contributed by atoms with Gasteiger partial charge in [0.15, 0.2) is 5.69 Å². The van der Waals surface area contributed by atoms with Gasteiger partial charge < -0.3 is 16.0 Å². The molecule has 1 heterocycles. The number of aryl methyl sites for hydroxylation is 1. The van der Waals surface area contributed by atoms with E-state index in [0.29, 0.717) is 12.1 Å². The third-order valence-electron chi connectivity index (χ3n) is 2.57. The molecule has 0 fully saturated rings. The summed E-state index contributed by atoms with van der Waals surface area (Å²) in [7, 11) is 3.34. The van der Waals surface area contributed by atoms with E-state index in [1.807, 2.05) is 6.92 Å². The molecule has 0 atom stereocenters. The third-order valence-corrected chi connectivity index (χ3v) is 2.57. The Morgan fingerprint density at radius 2 is 2.11 bits per heavy atom. The van der Waals surface area contributed by atoms with Crippen LogP contribution in [0.3, 0.4) is 0 Å². The summed E-state index contributed by atoms with van der Waals surface area (Å²) in [5.41, 5.74) is 7.06. The van der Waals surface area contributed by atoms with Gasteiger partial charge in [0, 0.05) is 27.1 Å². The fraction of sp³-hybridized carbons (Fsp3) is 0.545. The Balaban J connectivity index is 2.51. The van der Waals surface area contributed by atoms with Crippen LogP contribution < -0.4 is 11.1 Å². The van der Waals surface area contributed by atoms with E-state index in [2.05, 4.69) is 15.5 Å². The van der Waals surface area contributed by atoms with Crippen LogP contribution in [-0.4, -0.2) is 47.6 Å². The number of carbonyl (C=O) groups is 2. The van der Waals surface area contributed by atoms with Crippen molar-refractivity contribution in [2.75, 3.05) is 26.4 Å². The molecule has 0 bridgehead atoms. The highest BCUT2D eigenvalue weighted by atomic mass is 16.2. The minimum Gasteiger partial charge on any atom is -0.395 e. The smallest absolute Gasteiger partial charge is 0.273 e. The van der Waals surface area contributed by atoms with Gasteiger partial charge >= 0.3 is 0 Å². The van der Waals surface area contributed by atoms with Gasteiger partial charge in [-0.3, -0.25) is 14.7 Å². The van der Waals surface area contributed by atoms with E-state index in [1.165, 1.54) is 4.90 Å². The lowest BCUT2D eigenvalue weighted by Gasteiger charge is -2.10. The molecule has 100 valence electrons. The van der Waals surface area contributed by atoms with Gasteiger partial charge in [0.1, 0.15) is 0 Å². The van der Waals surface area contributed by atoms with Crippen LogP contribution in [-0.2, 0) is 11.2 Å². The van der Waals surface area contributed by atoms with Crippen molar-refractivity contribution in [3.05, 3.63) is 11.4 Å². The topological polar surface area (TPSA) is 104 Å². The van der Waals surface area contributed by atoms with Gasteiger partial charge in [0.05, 0.1) is 11.4 Å². The molecule has 0 spiro atoms. The first-order valence-corrected chi connectivity index (χ1v) is 5.78. The van der Waals surface area contributed by atoms with E-state index in [0.717, 1.165) is 5.69 Å². The van der Waals surface area contributed by atoms with Crippen molar-refractivity contribution >= 4 is 17.5 Å². The average molecular weight is 253 g/mol. The van der Waals surface area contributed by atoms with Crippen molar-refractivity contribution in [1.82, 2.24) is 20.4 Å². The molecule has 0 unspecified atom stereocenters. The zero-order valence-corrected chi connectivity index (χ0v) is 10.9. The van der Waals surface area contributed by atoms with Gasteiger partial charge in [-0.05, 0) is 6.42 Å². The van der Waals surface area contributed by atoms with Crippen LogP contribution in [0.15, 0.2) is 0 Å². The Labute approximate surface area is 106 Å². The summed E-state index contributed by atoms with van der Waals surface area (Å²) in [6.45, 7) is 2.19. The number of hydrogen-bond donors (Lipinski definition) is 3. The lowest BCUT2D eigenvalue weighted by molar-refractivity contribution is -0.128. The molecule has 4 N–H and O–H groups in total. The number of aromatic amines is 1. The quantitative estimate of drug-likeness (QED) is 0.673. The van der Waals surface area contributed by atoms with Crippen molar-refractivity contribution in [2.24, 2.45) is 0 Å². The minimum absolute atomic E-state index is 0.0421. The molecule has 1 aromatic heterocycles. The van der Waals surface area contributed by atoms with E-state index < -0.39 is 0 Å². The second-order valence-electron chi connectivity index (χ2n) is 4.11. The van der Waals surface area contributed by atoms with Crippen molar-refractivity contribution in [3.8, 4) is 0 Å². The Kier molecular flexibility index (Phi) is 4.70. The Bertz CT molecular complexity index is 439. The van der Waals surface area contributed by atoms with Gasteiger partial charge in [-0.2, -0.15) is 5.10 Å². The Hall–Kier alpha value is -2.05. The molecule has 2 amide bonds. The highest BCUT2D eigenvalue weighted by molar-refractivity contribution is 5.97. The molecule has 0 aliphatic heterocycles. The number of nitrogens with zero attached hydrogens (tertiary/aromatic N) is 2. The number of nitrogens with two attached hydrogens (primary N) is 1. The first-order valence-electron chi connectivity index (χ1n) is 5.78. The van der Waals surface area contributed by atoms with E-state index in [1.54, 1.807) is 14.1 Å². The highest BCUT2D eigenvalue weighted by Gasteiger charge is 2.16. The number of anilines is 1. The summed E-state index contributed by atoms with van der Waals surface area (Å²) in [5.74, 6) is -0.408. The number of amides is 2. The maximum atomic E-state index is 11.7. The average Bonchev–Trinajstić information content (AvgIpc) is 2.69. The molecule has 0 saturated heterocycles.